The Morgan fingerprint density at radius 3 is 2.59 bits per heavy atom. The summed E-state index contributed by atoms with van der Waals surface area (Å²) in [7, 11) is 0. The van der Waals surface area contributed by atoms with E-state index in [0.717, 1.165) is 24.1 Å². The van der Waals surface area contributed by atoms with Gasteiger partial charge in [-0.05, 0) is 49.9 Å². The van der Waals surface area contributed by atoms with Crippen LogP contribution in [0, 0.1) is 12.7 Å². The zero-order chi connectivity index (χ0) is 19.2. The Bertz CT molecular complexity index is 916. The van der Waals surface area contributed by atoms with Gasteiger partial charge in [0.15, 0.2) is 0 Å². The molecule has 3 aromatic rings. The molecule has 0 aliphatic heterocycles. The number of aromatic nitrogens is 2. The van der Waals surface area contributed by atoms with Crippen molar-refractivity contribution in [1.29, 1.82) is 0 Å². The molecular formula is C22H24FN3O. The monoisotopic (exact) mass is 365 g/mol. The van der Waals surface area contributed by atoms with Crippen LogP contribution in [0.25, 0.3) is 11.1 Å². The molecule has 0 aliphatic rings. The number of benzene rings is 2. The maximum Gasteiger partial charge on any atom is 0.269 e. The largest absolute Gasteiger partial charge is 0.351 e. The minimum Gasteiger partial charge on any atom is -0.351 e. The maximum absolute atomic E-state index is 13.8. The van der Waals surface area contributed by atoms with E-state index in [1.807, 2.05) is 44.2 Å². The lowest BCUT2D eigenvalue weighted by atomic mass is 10.0. The number of carbonyl (C=O) groups is 1. The van der Waals surface area contributed by atoms with Crippen LogP contribution in [0.4, 0.5) is 4.39 Å². The lowest BCUT2D eigenvalue weighted by molar-refractivity contribution is 0.0942. The van der Waals surface area contributed by atoms with Gasteiger partial charge in [-0.1, -0.05) is 42.5 Å². The highest BCUT2D eigenvalue weighted by Gasteiger charge is 2.12. The highest BCUT2D eigenvalue weighted by atomic mass is 19.1. The zero-order valence-electron chi connectivity index (χ0n) is 15.7. The van der Waals surface area contributed by atoms with E-state index in [9.17, 15) is 9.18 Å². The Balaban J connectivity index is 1.51. The molecule has 1 aromatic heterocycles. The summed E-state index contributed by atoms with van der Waals surface area (Å²) < 4.78 is 15.6. The van der Waals surface area contributed by atoms with Gasteiger partial charge >= 0.3 is 0 Å². The number of rotatable bonds is 7. The Hall–Kier alpha value is -2.95. The van der Waals surface area contributed by atoms with Gasteiger partial charge in [-0.25, -0.2) is 4.39 Å². The van der Waals surface area contributed by atoms with Crippen molar-refractivity contribution in [2.24, 2.45) is 0 Å². The molecule has 0 saturated heterocycles. The molecular weight excluding hydrogens is 341 g/mol. The molecule has 0 unspecified atom stereocenters. The predicted octanol–water partition coefficient (Wildman–Crippen LogP) is 4.38. The third kappa shape index (κ3) is 4.61. The van der Waals surface area contributed by atoms with Crippen LogP contribution in [-0.2, 0) is 13.0 Å². The van der Waals surface area contributed by atoms with Gasteiger partial charge in [0.25, 0.3) is 5.91 Å². The number of nitrogens with one attached hydrogen (secondary N) is 1. The topological polar surface area (TPSA) is 46.9 Å². The average Bonchev–Trinajstić information content (AvgIpc) is 3.07. The molecule has 5 heteroatoms. The van der Waals surface area contributed by atoms with Gasteiger partial charge in [-0.3, -0.25) is 9.48 Å². The molecule has 0 bridgehead atoms. The molecule has 1 N–H and O–H groups in total. The van der Waals surface area contributed by atoms with E-state index in [0.29, 0.717) is 24.3 Å². The molecule has 0 saturated carbocycles. The molecule has 27 heavy (non-hydrogen) atoms. The van der Waals surface area contributed by atoms with E-state index >= 15 is 0 Å². The average molecular weight is 365 g/mol. The molecule has 1 amide bonds. The number of hydrogen-bond acceptors (Lipinski definition) is 2. The third-order valence-corrected chi connectivity index (χ3v) is 4.50. The van der Waals surface area contributed by atoms with Gasteiger partial charge < -0.3 is 5.32 Å². The number of nitrogens with zero attached hydrogens (tertiary/aromatic N) is 2. The summed E-state index contributed by atoms with van der Waals surface area (Å²) in [4.78, 5) is 12.3. The standard InChI is InChI=1S/C22H24FN3O/c1-3-26-21(15-16(2)25-26)22(27)24-14-6-7-17-10-12-18(13-11-17)19-8-4-5-9-20(19)23/h4-5,8-13,15H,3,6-7,14H2,1-2H3,(H,24,27). The highest BCUT2D eigenvalue weighted by molar-refractivity contribution is 5.92. The second-order valence-electron chi connectivity index (χ2n) is 6.52. The third-order valence-electron chi connectivity index (χ3n) is 4.50. The summed E-state index contributed by atoms with van der Waals surface area (Å²) in [5.41, 5.74) is 4.09. The van der Waals surface area contributed by atoms with Crippen LogP contribution in [0.2, 0.25) is 0 Å². The normalized spacial score (nSPS) is 10.8. The van der Waals surface area contributed by atoms with Crippen molar-refractivity contribution in [1.82, 2.24) is 15.1 Å². The minimum atomic E-state index is -0.213. The van der Waals surface area contributed by atoms with E-state index in [-0.39, 0.29) is 11.7 Å². The quantitative estimate of drug-likeness (QED) is 0.632. The van der Waals surface area contributed by atoms with Crippen LogP contribution in [0.1, 0.15) is 35.1 Å². The molecule has 4 nitrogen and oxygen atoms in total. The Labute approximate surface area is 159 Å². The smallest absolute Gasteiger partial charge is 0.269 e. The van der Waals surface area contributed by atoms with Crippen molar-refractivity contribution in [2.45, 2.75) is 33.2 Å². The summed E-state index contributed by atoms with van der Waals surface area (Å²) in [6.45, 7) is 5.12. The van der Waals surface area contributed by atoms with Gasteiger partial charge in [-0.15, -0.1) is 0 Å². The first-order valence-electron chi connectivity index (χ1n) is 9.25. The van der Waals surface area contributed by atoms with Crippen LogP contribution in [0.3, 0.4) is 0 Å². The lowest BCUT2D eigenvalue weighted by Crippen LogP contribution is -2.27. The zero-order valence-corrected chi connectivity index (χ0v) is 15.7. The van der Waals surface area contributed by atoms with Crippen molar-refractivity contribution in [3.05, 3.63) is 77.4 Å². The first-order valence-corrected chi connectivity index (χ1v) is 9.25. The number of halogens is 1. The Kier molecular flexibility index (Phi) is 6.01. The van der Waals surface area contributed by atoms with Crippen LogP contribution >= 0.6 is 0 Å². The van der Waals surface area contributed by atoms with Crippen molar-refractivity contribution >= 4 is 5.91 Å². The molecule has 0 radical (unpaired) electrons. The number of aryl methyl sites for hydroxylation is 3. The second-order valence-corrected chi connectivity index (χ2v) is 6.52. The molecule has 140 valence electrons. The lowest BCUT2D eigenvalue weighted by Gasteiger charge is -2.08. The van der Waals surface area contributed by atoms with E-state index in [2.05, 4.69) is 10.4 Å². The van der Waals surface area contributed by atoms with Crippen LogP contribution in [-0.4, -0.2) is 22.2 Å². The molecule has 0 aliphatic carbocycles. The van der Waals surface area contributed by atoms with Crippen molar-refractivity contribution in [2.75, 3.05) is 6.54 Å². The molecule has 2 aromatic carbocycles. The summed E-state index contributed by atoms with van der Waals surface area (Å²) >= 11 is 0. The summed E-state index contributed by atoms with van der Waals surface area (Å²) in [6.07, 6.45) is 1.69. The number of hydrogen-bond donors (Lipinski definition) is 1. The summed E-state index contributed by atoms with van der Waals surface area (Å²) in [5, 5.41) is 7.25. The molecule has 0 fully saturated rings. The Morgan fingerprint density at radius 1 is 1.15 bits per heavy atom. The molecule has 0 spiro atoms. The SMILES string of the molecule is CCn1nc(C)cc1C(=O)NCCCc1ccc(-c2ccccc2F)cc1. The van der Waals surface area contributed by atoms with Gasteiger partial charge in [0.05, 0.1) is 5.69 Å². The first-order chi connectivity index (χ1) is 13.1. The van der Waals surface area contributed by atoms with Crippen LogP contribution in [0.5, 0.6) is 0 Å². The fourth-order valence-electron chi connectivity index (χ4n) is 3.10. The fraction of sp³-hybridized carbons (Fsp3) is 0.273. The van der Waals surface area contributed by atoms with Crippen LogP contribution in [0.15, 0.2) is 54.6 Å². The van der Waals surface area contributed by atoms with Gasteiger partial charge in [0.2, 0.25) is 0 Å². The molecule has 1 heterocycles. The molecule has 3 rings (SSSR count). The highest BCUT2D eigenvalue weighted by Crippen LogP contribution is 2.23. The van der Waals surface area contributed by atoms with Gasteiger partial charge in [0.1, 0.15) is 11.5 Å². The number of carbonyl (C=O) groups excluding carboxylic acids is 1. The van der Waals surface area contributed by atoms with Crippen LogP contribution < -0.4 is 5.32 Å². The van der Waals surface area contributed by atoms with E-state index < -0.39 is 0 Å². The van der Waals surface area contributed by atoms with Crippen molar-refractivity contribution in [3.8, 4) is 11.1 Å². The Morgan fingerprint density at radius 2 is 1.89 bits per heavy atom. The minimum absolute atomic E-state index is 0.0904. The summed E-state index contributed by atoms with van der Waals surface area (Å²) in [5.74, 6) is -0.304. The fourth-order valence-corrected chi connectivity index (χ4v) is 3.10. The van der Waals surface area contributed by atoms with Gasteiger partial charge in [-0.2, -0.15) is 5.10 Å². The predicted molar refractivity (Wildman–Crippen MR) is 105 cm³/mol. The van der Waals surface area contributed by atoms with E-state index in [1.165, 1.54) is 11.6 Å². The number of amides is 1. The van der Waals surface area contributed by atoms with Crippen molar-refractivity contribution < 1.29 is 9.18 Å². The summed E-state index contributed by atoms with van der Waals surface area (Å²) in [6, 6.07) is 16.5. The van der Waals surface area contributed by atoms with Gasteiger partial charge in [0, 0.05) is 18.7 Å². The van der Waals surface area contributed by atoms with E-state index in [1.54, 1.807) is 22.9 Å². The maximum atomic E-state index is 13.8. The first kappa shape index (κ1) is 18.8. The van der Waals surface area contributed by atoms with E-state index in [4.69, 9.17) is 0 Å². The van der Waals surface area contributed by atoms with Crippen molar-refractivity contribution in [3.63, 3.8) is 0 Å². The molecule has 0 atom stereocenters. The second kappa shape index (κ2) is 8.62.